The molecule has 3 aromatic rings. The summed E-state index contributed by atoms with van der Waals surface area (Å²) in [6, 6.07) is 18.2. The predicted octanol–water partition coefficient (Wildman–Crippen LogP) is 2.12. The molecule has 4 rings (SSSR count). The number of rotatable bonds is 6. The summed E-state index contributed by atoms with van der Waals surface area (Å²) < 4.78 is 3.36. The number of carbonyl (C=O) groups excluding carboxylic acids is 1. The van der Waals surface area contributed by atoms with Crippen LogP contribution in [0.5, 0.6) is 0 Å². The Morgan fingerprint density at radius 3 is 2.24 bits per heavy atom. The number of hydrogen-bond donors (Lipinski definition) is 0. The highest BCUT2D eigenvalue weighted by Gasteiger charge is 2.21. The van der Waals surface area contributed by atoms with Gasteiger partial charge in [0.25, 0.3) is 0 Å². The third-order valence-corrected chi connectivity index (χ3v) is 5.89. The Balaban J connectivity index is 1.28. The van der Waals surface area contributed by atoms with Crippen molar-refractivity contribution in [3.05, 3.63) is 70.6 Å². The summed E-state index contributed by atoms with van der Waals surface area (Å²) in [7, 11) is 1.78. The van der Waals surface area contributed by atoms with Gasteiger partial charge in [-0.2, -0.15) is 0 Å². The van der Waals surface area contributed by atoms with Gasteiger partial charge in [-0.3, -0.25) is 18.8 Å². The normalized spacial score (nSPS) is 15.1. The lowest BCUT2D eigenvalue weighted by Gasteiger charge is -2.34. The number of aromatic nitrogens is 2. The molecule has 2 heterocycles. The summed E-state index contributed by atoms with van der Waals surface area (Å²) in [5, 5.41) is 0. The molecule has 1 aliphatic rings. The van der Waals surface area contributed by atoms with Crippen molar-refractivity contribution < 1.29 is 4.79 Å². The van der Waals surface area contributed by atoms with Gasteiger partial charge in [0.1, 0.15) is 0 Å². The highest BCUT2D eigenvalue weighted by Crippen LogP contribution is 2.13. The molecule has 0 aliphatic carbocycles. The Hall–Kier alpha value is -2.86. The van der Waals surface area contributed by atoms with Crippen molar-refractivity contribution >= 4 is 16.9 Å². The van der Waals surface area contributed by atoms with Gasteiger partial charge in [0.05, 0.1) is 11.0 Å². The molecule has 0 radical (unpaired) electrons. The SMILES string of the molecule is Cn1c(=O)n(CCC(=O)N2CCN(CCc3ccccc3)CC2)c2ccccc21. The average molecular weight is 393 g/mol. The first kappa shape index (κ1) is 19.5. The van der Waals surface area contributed by atoms with E-state index in [0.717, 1.165) is 50.2 Å². The van der Waals surface area contributed by atoms with Gasteiger partial charge in [-0.25, -0.2) is 4.79 Å². The first-order valence-electron chi connectivity index (χ1n) is 10.3. The fourth-order valence-electron chi connectivity index (χ4n) is 4.10. The topological polar surface area (TPSA) is 50.5 Å². The first-order valence-corrected chi connectivity index (χ1v) is 10.3. The van der Waals surface area contributed by atoms with Gasteiger partial charge in [0, 0.05) is 52.7 Å². The molecule has 0 bridgehead atoms. The summed E-state index contributed by atoms with van der Waals surface area (Å²) in [6.07, 6.45) is 1.40. The second kappa shape index (κ2) is 8.66. The second-order valence-corrected chi connectivity index (χ2v) is 7.69. The Bertz CT molecular complexity index is 1030. The minimum Gasteiger partial charge on any atom is -0.340 e. The summed E-state index contributed by atoms with van der Waals surface area (Å²) in [6.45, 7) is 4.79. The molecule has 1 fully saturated rings. The third-order valence-electron chi connectivity index (χ3n) is 5.89. The minimum atomic E-state index is -0.0651. The molecular weight excluding hydrogens is 364 g/mol. The average Bonchev–Trinajstić information content (AvgIpc) is 3.02. The highest BCUT2D eigenvalue weighted by molar-refractivity contribution is 5.78. The van der Waals surface area contributed by atoms with Crippen LogP contribution in [-0.2, 0) is 24.8 Å². The number of benzene rings is 2. The molecule has 1 aliphatic heterocycles. The molecule has 0 atom stereocenters. The number of aryl methyl sites for hydroxylation is 2. The summed E-state index contributed by atoms with van der Waals surface area (Å²) in [5.41, 5.74) is 3.08. The van der Waals surface area contributed by atoms with Crippen molar-refractivity contribution in [2.24, 2.45) is 7.05 Å². The summed E-state index contributed by atoms with van der Waals surface area (Å²) >= 11 is 0. The van der Waals surface area contributed by atoms with Gasteiger partial charge in [-0.15, -0.1) is 0 Å². The van der Waals surface area contributed by atoms with E-state index in [-0.39, 0.29) is 11.6 Å². The Morgan fingerprint density at radius 1 is 0.862 bits per heavy atom. The van der Waals surface area contributed by atoms with Crippen molar-refractivity contribution in [2.45, 2.75) is 19.4 Å². The summed E-state index contributed by atoms with van der Waals surface area (Å²) in [5.74, 6) is 0.132. The molecule has 1 aromatic heterocycles. The van der Waals surface area contributed by atoms with Crippen LogP contribution in [0.1, 0.15) is 12.0 Å². The van der Waals surface area contributed by atoms with E-state index in [1.807, 2.05) is 35.2 Å². The number of imidazole rings is 1. The standard InChI is InChI=1S/C23H28N4O2/c1-24-20-9-5-6-10-21(20)27(23(24)29)14-12-22(28)26-17-15-25(16-18-26)13-11-19-7-3-2-4-8-19/h2-10H,11-18H2,1H3. The van der Waals surface area contributed by atoms with Crippen LogP contribution < -0.4 is 5.69 Å². The van der Waals surface area contributed by atoms with Crippen molar-refractivity contribution in [1.82, 2.24) is 18.9 Å². The number of hydrogen-bond acceptors (Lipinski definition) is 3. The van der Waals surface area contributed by atoms with Crippen molar-refractivity contribution in [1.29, 1.82) is 0 Å². The lowest BCUT2D eigenvalue weighted by molar-refractivity contribution is -0.133. The molecular formula is C23H28N4O2. The number of amides is 1. The van der Waals surface area contributed by atoms with Crippen LogP contribution in [0.25, 0.3) is 11.0 Å². The van der Waals surface area contributed by atoms with Crippen LogP contribution in [0.15, 0.2) is 59.4 Å². The number of nitrogens with zero attached hydrogens (tertiary/aromatic N) is 4. The largest absolute Gasteiger partial charge is 0.340 e. The highest BCUT2D eigenvalue weighted by atomic mass is 16.2. The fraction of sp³-hybridized carbons (Fsp3) is 0.391. The van der Waals surface area contributed by atoms with Crippen LogP contribution in [0.3, 0.4) is 0 Å². The van der Waals surface area contributed by atoms with Gasteiger partial charge in [0.2, 0.25) is 5.91 Å². The zero-order valence-corrected chi connectivity index (χ0v) is 17.0. The van der Waals surface area contributed by atoms with Gasteiger partial charge in [0.15, 0.2) is 0 Å². The monoisotopic (exact) mass is 392 g/mol. The molecule has 1 amide bonds. The van der Waals surface area contributed by atoms with E-state index in [1.165, 1.54) is 5.56 Å². The second-order valence-electron chi connectivity index (χ2n) is 7.69. The van der Waals surface area contributed by atoms with Gasteiger partial charge in [-0.1, -0.05) is 42.5 Å². The third kappa shape index (κ3) is 4.27. The molecule has 0 unspecified atom stereocenters. The number of piperazine rings is 1. The van der Waals surface area contributed by atoms with Crippen molar-refractivity contribution in [2.75, 3.05) is 32.7 Å². The first-order chi connectivity index (χ1) is 14.1. The molecule has 0 spiro atoms. The molecule has 0 saturated carbocycles. The lowest BCUT2D eigenvalue weighted by atomic mass is 10.1. The van der Waals surface area contributed by atoms with Crippen LogP contribution >= 0.6 is 0 Å². The molecule has 6 nitrogen and oxygen atoms in total. The number of fused-ring (bicyclic) bond motifs is 1. The molecule has 6 heteroatoms. The summed E-state index contributed by atoms with van der Waals surface area (Å²) in [4.78, 5) is 29.6. The van der Waals surface area contributed by atoms with E-state index in [1.54, 1.807) is 16.2 Å². The van der Waals surface area contributed by atoms with Crippen LogP contribution in [0.2, 0.25) is 0 Å². The number of para-hydroxylation sites is 2. The van der Waals surface area contributed by atoms with Gasteiger partial charge < -0.3 is 4.90 Å². The molecule has 1 saturated heterocycles. The Morgan fingerprint density at radius 2 is 1.52 bits per heavy atom. The maximum Gasteiger partial charge on any atom is 0.328 e. The van der Waals surface area contributed by atoms with Gasteiger partial charge in [-0.05, 0) is 24.1 Å². The molecule has 2 aromatic carbocycles. The van der Waals surface area contributed by atoms with E-state index in [4.69, 9.17) is 0 Å². The lowest BCUT2D eigenvalue weighted by Crippen LogP contribution is -2.49. The quantitative estimate of drug-likeness (QED) is 0.646. The Labute approximate surface area is 171 Å². The van der Waals surface area contributed by atoms with E-state index in [0.29, 0.717) is 13.0 Å². The van der Waals surface area contributed by atoms with Crippen LogP contribution in [0, 0.1) is 0 Å². The maximum absolute atomic E-state index is 12.7. The predicted molar refractivity (Wildman–Crippen MR) is 115 cm³/mol. The zero-order valence-electron chi connectivity index (χ0n) is 17.0. The van der Waals surface area contributed by atoms with Crippen molar-refractivity contribution in [3.8, 4) is 0 Å². The van der Waals surface area contributed by atoms with E-state index >= 15 is 0 Å². The van der Waals surface area contributed by atoms with Crippen molar-refractivity contribution in [3.63, 3.8) is 0 Å². The number of carbonyl (C=O) groups is 1. The van der Waals surface area contributed by atoms with Gasteiger partial charge >= 0.3 is 5.69 Å². The fourth-order valence-corrected chi connectivity index (χ4v) is 4.10. The van der Waals surface area contributed by atoms with E-state index < -0.39 is 0 Å². The minimum absolute atomic E-state index is 0.0651. The zero-order chi connectivity index (χ0) is 20.2. The smallest absolute Gasteiger partial charge is 0.328 e. The molecule has 0 N–H and O–H groups in total. The van der Waals surface area contributed by atoms with Crippen LogP contribution in [0.4, 0.5) is 0 Å². The maximum atomic E-state index is 12.7. The Kier molecular flexibility index (Phi) is 5.81. The van der Waals surface area contributed by atoms with Crippen LogP contribution in [-0.4, -0.2) is 57.6 Å². The van der Waals surface area contributed by atoms with E-state index in [9.17, 15) is 9.59 Å². The van der Waals surface area contributed by atoms with E-state index in [2.05, 4.69) is 29.2 Å². The molecule has 29 heavy (non-hydrogen) atoms. The molecule has 152 valence electrons.